The highest BCUT2D eigenvalue weighted by Crippen LogP contribution is 2.19. The Morgan fingerprint density at radius 1 is 1.36 bits per heavy atom. The van der Waals surface area contributed by atoms with E-state index < -0.39 is 0 Å². The molecular weight excluding hydrogens is 172 g/mol. The Balaban J connectivity index is 2.39. The van der Waals surface area contributed by atoms with Gasteiger partial charge in [-0.1, -0.05) is 40.0 Å². The van der Waals surface area contributed by atoms with Crippen molar-refractivity contribution in [2.75, 3.05) is 0 Å². The van der Waals surface area contributed by atoms with Gasteiger partial charge >= 0.3 is 0 Å². The van der Waals surface area contributed by atoms with Gasteiger partial charge in [0.15, 0.2) is 0 Å². The third kappa shape index (κ3) is 3.17. The first-order valence-electron chi connectivity index (χ1n) is 5.82. The highest BCUT2D eigenvalue weighted by atomic mass is 14.9. The molecule has 0 aromatic carbocycles. The summed E-state index contributed by atoms with van der Waals surface area (Å²) in [6.45, 7) is 6.64. The molecule has 80 valence electrons. The van der Waals surface area contributed by atoms with E-state index in [-0.39, 0.29) is 0 Å². The van der Waals surface area contributed by atoms with Crippen LogP contribution in [-0.4, -0.2) is 9.97 Å². The minimum atomic E-state index is 0.609. The van der Waals surface area contributed by atoms with E-state index in [1.54, 1.807) is 0 Å². The van der Waals surface area contributed by atoms with Gasteiger partial charge in [-0.15, -0.1) is 0 Å². The van der Waals surface area contributed by atoms with Crippen molar-refractivity contribution in [2.24, 2.45) is 0 Å². The number of H-pyrrole nitrogens is 1. The summed E-state index contributed by atoms with van der Waals surface area (Å²) in [5.74, 6) is 1.72. The van der Waals surface area contributed by atoms with Crippen LogP contribution in [0.25, 0.3) is 0 Å². The van der Waals surface area contributed by atoms with Crippen molar-refractivity contribution >= 4 is 0 Å². The van der Waals surface area contributed by atoms with Gasteiger partial charge in [-0.05, 0) is 12.3 Å². The number of unbranched alkanes of at least 4 members (excludes halogenated alkanes) is 2. The number of imidazole rings is 1. The van der Waals surface area contributed by atoms with E-state index in [2.05, 4.69) is 36.9 Å². The predicted molar refractivity (Wildman–Crippen MR) is 60.5 cm³/mol. The third-order valence-corrected chi connectivity index (χ3v) is 2.73. The van der Waals surface area contributed by atoms with Gasteiger partial charge in [0.2, 0.25) is 0 Å². The third-order valence-electron chi connectivity index (χ3n) is 2.73. The second-order valence-corrected chi connectivity index (χ2v) is 4.02. The van der Waals surface area contributed by atoms with Crippen molar-refractivity contribution in [3.8, 4) is 0 Å². The molecule has 2 nitrogen and oxygen atoms in total. The monoisotopic (exact) mass is 194 g/mol. The number of hydrogen-bond donors (Lipinski definition) is 1. The number of aromatic nitrogens is 2. The lowest BCUT2D eigenvalue weighted by atomic mass is 10.0. The zero-order valence-electron chi connectivity index (χ0n) is 9.64. The van der Waals surface area contributed by atoms with Crippen LogP contribution in [0.1, 0.15) is 63.9 Å². The maximum absolute atomic E-state index is 4.55. The van der Waals surface area contributed by atoms with Crippen molar-refractivity contribution in [2.45, 2.75) is 58.8 Å². The van der Waals surface area contributed by atoms with Crippen LogP contribution in [0.4, 0.5) is 0 Å². The molecule has 1 unspecified atom stereocenters. The number of rotatable bonds is 6. The lowest BCUT2D eigenvalue weighted by Gasteiger charge is -2.06. The van der Waals surface area contributed by atoms with Crippen LogP contribution in [0.2, 0.25) is 0 Å². The molecule has 0 saturated heterocycles. The number of aromatic amines is 1. The van der Waals surface area contributed by atoms with Gasteiger partial charge < -0.3 is 4.98 Å². The molecule has 0 aliphatic carbocycles. The van der Waals surface area contributed by atoms with Crippen molar-refractivity contribution in [1.82, 2.24) is 9.97 Å². The van der Waals surface area contributed by atoms with Crippen molar-refractivity contribution < 1.29 is 0 Å². The minimum absolute atomic E-state index is 0.609. The summed E-state index contributed by atoms with van der Waals surface area (Å²) in [4.78, 5) is 7.77. The Morgan fingerprint density at radius 3 is 2.71 bits per heavy atom. The second-order valence-electron chi connectivity index (χ2n) is 4.02. The van der Waals surface area contributed by atoms with E-state index >= 15 is 0 Å². The molecule has 0 fully saturated rings. The van der Waals surface area contributed by atoms with E-state index in [9.17, 15) is 0 Å². The number of nitrogens with one attached hydrogen (secondary N) is 1. The highest BCUT2D eigenvalue weighted by Gasteiger charge is 2.08. The lowest BCUT2D eigenvalue weighted by Crippen LogP contribution is -1.94. The molecule has 1 rings (SSSR count). The fourth-order valence-corrected chi connectivity index (χ4v) is 1.66. The predicted octanol–water partition coefficient (Wildman–Crippen LogP) is 3.66. The summed E-state index contributed by atoms with van der Waals surface area (Å²) in [7, 11) is 0. The molecule has 14 heavy (non-hydrogen) atoms. The molecule has 1 heterocycles. The second kappa shape index (κ2) is 5.84. The van der Waals surface area contributed by atoms with E-state index in [0.717, 1.165) is 12.2 Å². The van der Waals surface area contributed by atoms with Crippen LogP contribution in [0.3, 0.4) is 0 Å². The SMILES string of the molecule is CCCCCC(C)c1c[nH]c(CC)n1. The first-order valence-corrected chi connectivity index (χ1v) is 5.82. The van der Waals surface area contributed by atoms with E-state index in [4.69, 9.17) is 0 Å². The Morgan fingerprint density at radius 2 is 2.14 bits per heavy atom. The average molecular weight is 194 g/mol. The molecule has 1 N–H and O–H groups in total. The topological polar surface area (TPSA) is 28.7 Å². The zero-order valence-corrected chi connectivity index (χ0v) is 9.64. The molecule has 1 aromatic rings. The van der Waals surface area contributed by atoms with Crippen LogP contribution < -0.4 is 0 Å². The van der Waals surface area contributed by atoms with E-state index in [1.807, 2.05) is 0 Å². The van der Waals surface area contributed by atoms with E-state index in [1.165, 1.54) is 31.4 Å². The zero-order chi connectivity index (χ0) is 10.4. The quantitative estimate of drug-likeness (QED) is 0.688. The lowest BCUT2D eigenvalue weighted by molar-refractivity contribution is 0.589. The van der Waals surface area contributed by atoms with Gasteiger partial charge in [0, 0.05) is 12.6 Å². The van der Waals surface area contributed by atoms with Gasteiger partial charge in [0.25, 0.3) is 0 Å². The summed E-state index contributed by atoms with van der Waals surface area (Å²) in [5.41, 5.74) is 1.23. The highest BCUT2D eigenvalue weighted by molar-refractivity contribution is 5.06. The van der Waals surface area contributed by atoms with Crippen molar-refractivity contribution in [1.29, 1.82) is 0 Å². The maximum Gasteiger partial charge on any atom is 0.106 e. The smallest absolute Gasteiger partial charge is 0.106 e. The summed E-state index contributed by atoms with van der Waals surface area (Å²) in [6.07, 6.45) is 8.30. The van der Waals surface area contributed by atoms with Gasteiger partial charge in [-0.25, -0.2) is 4.98 Å². The summed E-state index contributed by atoms with van der Waals surface area (Å²) in [6, 6.07) is 0. The minimum Gasteiger partial charge on any atom is -0.348 e. The fraction of sp³-hybridized carbons (Fsp3) is 0.750. The molecule has 0 amide bonds. The standard InChI is InChI=1S/C12H22N2/c1-4-6-7-8-10(3)11-9-13-12(5-2)14-11/h9-10H,4-8H2,1-3H3,(H,13,14). The van der Waals surface area contributed by atoms with Crippen LogP contribution in [-0.2, 0) is 6.42 Å². The largest absolute Gasteiger partial charge is 0.348 e. The fourth-order valence-electron chi connectivity index (χ4n) is 1.66. The maximum atomic E-state index is 4.55. The van der Waals surface area contributed by atoms with Crippen LogP contribution >= 0.6 is 0 Å². The number of hydrogen-bond acceptors (Lipinski definition) is 1. The molecule has 1 atom stereocenters. The molecule has 0 spiro atoms. The van der Waals surface area contributed by atoms with Crippen LogP contribution in [0.5, 0.6) is 0 Å². The molecule has 1 aromatic heterocycles. The van der Waals surface area contributed by atoms with Crippen molar-refractivity contribution in [3.05, 3.63) is 17.7 Å². The number of nitrogens with zero attached hydrogens (tertiary/aromatic N) is 1. The van der Waals surface area contributed by atoms with Gasteiger partial charge in [0.1, 0.15) is 5.82 Å². The van der Waals surface area contributed by atoms with Gasteiger partial charge in [0.05, 0.1) is 5.69 Å². The molecule has 0 bridgehead atoms. The molecule has 2 heteroatoms. The van der Waals surface area contributed by atoms with Gasteiger partial charge in [-0.3, -0.25) is 0 Å². The van der Waals surface area contributed by atoms with Crippen molar-refractivity contribution in [3.63, 3.8) is 0 Å². The van der Waals surface area contributed by atoms with Crippen LogP contribution in [0.15, 0.2) is 6.20 Å². The molecule has 0 aliphatic heterocycles. The molecule has 0 radical (unpaired) electrons. The molecule has 0 saturated carbocycles. The van der Waals surface area contributed by atoms with Gasteiger partial charge in [-0.2, -0.15) is 0 Å². The first kappa shape index (κ1) is 11.3. The molecular formula is C12H22N2. The normalized spacial score (nSPS) is 13.1. The Kier molecular flexibility index (Phi) is 4.71. The summed E-state index contributed by atoms with van der Waals surface area (Å²) >= 11 is 0. The Hall–Kier alpha value is -0.790. The molecule has 0 aliphatic rings. The van der Waals surface area contributed by atoms with E-state index in [0.29, 0.717) is 5.92 Å². The average Bonchev–Trinajstić information content (AvgIpc) is 2.66. The van der Waals surface area contributed by atoms with Crippen LogP contribution in [0, 0.1) is 0 Å². The first-order chi connectivity index (χ1) is 6.77. The Bertz CT molecular complexity index is 253. The summed E-state index contributed by atoms with van der Waals surface area (Å²) in [5, 5.41) is 0. The number of aryl methyl sites for hydroxylation is 1. The summed E-state index contributed by atoms with van der Waals surface area (Å²) < 4.78 is 0. The Labute approximate surface area is 87.1 Å².